The Morgan fingerprint density at radius 3 is 2.88 bits per heavy atom. The van der Waals surface area contributed by atoms with Crippen LogP contribution < -0.4 is 5.32 Å². The van der Waals surface area contributed by atoms with Crippen molar-refractivity contribution in [3.8, 4) is 0 Å². The fourth-order valence-electron chi connectivity index (χ4n) is 2.20. The largest absolute Gasteiger partial charge is 0.392 e. The molecule has 0 unspecified atom stereocenters. The number of hydrogen-bond donors (Lipinski definition) is 3. The van der Waals surface area contributed by atoms with Gasteiger partial charge in [0, 0.05) is 18.3 Å². The maximum absolute atomic E-state index is 11.3. The third-order valence-corrected chi connectivity index (χ3v) is 4.27. The van der Waals surface area contributed by atoms with Crippen molar-refractivity contribution in [1.29, 1.82) is 0 Å². The molecule has 0 radical (unpaired) electrons. The summed E-state index contributed by atoms with van der Waals surface area (Å²) >= 11 is 1.21. The van der Waals surface area contributed by atoms with Crippen molar-refractivity contribution in [3.63, 3.8) is 0 Å². The smallest absolute Gasteiger partial charge is 0.283 e. The van der Waals surface area contributed by atoms with E-state index in [0.717, 1.165) is 11.0 Å². The van der Waals surface area contributed by atoms with E-state index in [-0.39, 0.29) is 5.69 Å². The Labute approximate surface area is 142 Å². The van der Waals surface area contributed by atoms with Crippen LogP contribution in [0.5, 0.6) is 0 Å². The van der Waals surface area contributed by atoms with E-state index in [1.165, 1.54) is 17.8 Å². The highest BCUT2D eigenvalue weighted by atomic mass is 32.2. The molecule has 2 aromatic carbocycles. The van der Waals surface area contributed by atoms with Gasteiger partial charge in [0.05, 0.1) is 27.0 Å². The van der Waals surface area contributed by atoms with Crippen LogP contribution in [0.25, 0.3) is 11.0 Å². The highest BCUT2D eigenvalue weighted by Crippen LogP contribution is 2.36. The average molecular weight is 344 g/mol. The lowest BCUT2D eigenvalue weighted by Crippen LogP contribution is -2.15. The van der Waals surface area contributed by atoms with Gasteiger partial charge in [-0.25, -0.2) is 4.98 Å². The summed E-state index contributed by atoms with van der Waals surface area (Å²) < 4.78 is 0. The van der Waals surface area contributed by atoms with Gasteiger partial charge in [0.25, 0.3) is 5.69 Å². The van der Waals surface area contributed by atoms with Gasteiger partial charge in [0.1, 0.15) is 0 Å². The first-order chi connectivity index (χ1) is 11.5. The molecule has 0 bridgehead atoms. The van der Waals surface area contributed by atoms with Crippen LogP contribution in [0.2, 0.25) is 0 Å². The van der Waals surface area contributed by atoms with E-state index in [4.69, 9.17) is 0 Å². The van der Waals surface area contributed by atoms with Gasteiger partial charge in [-0.1, -0.05) is 12.1 Å². The van der Waals surface area contributed by atoms with Crippen LogP contribution in [0, 0.1) is 10.1 Å². The van der Waals surface area contributed by atoms with Gasteiger partial charge in [0.15, 0.2) is 5.16 Å². The Balaban J connectivity index is 1.91. The van der Waals surface area contributed by atoms with Gasteiger partial charge in [-0.3, -0.25) is 10.1 Å². The molecular weight excluding hydrogens is 328 g/mol. The SMILES string of the molecule is C[C@H](O)CNc1ccc([N+](=O)[O-])c(Sc2nc3ccccc3[nH]2)c1. The highest BCUT2D eigenvalue weighted by molar-refractivity contribution is 7.99. The Hall–Kier alpha value is -2.58. The number of nitro benzene ring substituents is 1. The van der Waals surface area contributed by atoms with Gasteiger partial charge in [-0.05, 0) is 43.0 Å². The van der Waals surface area contributed by atoms with E-state index in [1.54, 1.807) is 19.1 Å². The zero-order valence-electron chi connectivity index (χ0n) is 12.9. The molecule has 124 valence electrons. The van der Waals surface area contributed by atoms with Crippen LogP contribution in [-0.4, -0.2) is 32.6 Å². The number of hydrogen-bond acceptors (Lipinski definition) is 6. The molecule has 0 aliphatic heterocycles. The summed E-state index contributed by atoms with van der Waals surface area (Å²) in [5, 5.41) is 24.2. The van der Waals surface area contributed by atoms with Crippen LogP contribution in [-0.2, 0) is 0 Å². The van der Waals surface area contributed by atoms with Crippen LogP contribution in [0.15, 0.2) is 52.5 Å². The molecule has 3 aromatic rings. The first-order valence-corrected chi connectivity index (χ1v) is 8.17. The number of nitro groups is 1. The molecule has 1 heterocycles. The van der Waals surface area contributed by atoms with Gasteiger partial charge < -0.3 is 15.4 Å². The first-order valence-electron chi connectivity index (χ1n) is 7.36. The highest BCUT2D eigenvalue weighted by Gasteiger charge is 2.17. The Bertz CT molecular complexity index is 846. The van der Waals surface area contributed by atoms with Crippen LogP contribution >= 0.6 is 11.8 Å². The molecule has 0 spiro atoms. The first kappa shape index (κ1) is 16.3. The molecule has 8 heteroatoms. The zero-order valence-corrected chi connectivity index (χ0v) is 13.7. The summed E-state index contributed by atoms with van der Waals surface area (Å²) in [6.45, 7) is 2.04. The summed E-state index contributed by atoms with van der Waals surface area (Å²) in [5.41, 5.74) is 2.42. The molecule has 24 heavy (non-hydrogen) atoms. The Morgan fingerprint density at radius 2 is 2.17 bits per heavy atom. The number of para-hydroxylation sites is 2. The topological polar surface area (TPSA) is 104 Å². The molecule has 0 amide bonds. The monoisotopic (exact) mass is 344 g/mol. The summed E-state index contributed by atoms with van der Waals surface area (Å²) in [5.74, 6) is 0. The molecule has 0 fully saturated rings. The van der Waals surface area contributed by atoms with Crippen LogP contribution in [0.3, 0.4) is 0 Å². The normalized spacial score (nSPS) is 12.2. The zero-order chi connectivity index (χ0) is 17.1. The third kappa shape index (κ3) is 3.66. The maximum Gasteiger partial charge on any atom is 0.283 e. The minimum absolute atomic E-state index is 0.0167. The number of aliphatic hydroxyl groups is 1. The van der Waals surface area contributed by atoms with Crippen LogP contribution in [0.4, 0.5) is 11.4 Å². The van der Waals surface area contributed by atoms with Crippen LogP contribution in [0.1, 0.15) is 6.92 Å². The second kappa shape index (κ2) is 6.90. The van der Waals surface area contributed by atoms with Crippen molar-refractivity contribution in [2.75, 3.05) is 11.9 Å². The lowest BCUT2D eigenvalue weighted by atomic mass is 10.2. The van der Waals surface area contributed by atoms with E-state index >= 15 is 0 Å². The van der Waals surface area contributed by atoms with E-state index in [0.29, 0.717) is 22.3 Å². The number of imidazole rings is 1. The minimum atomic E-state index is -0.508. The number of anilines is 1. The van der Waals surface area contributed by atoms with Crippen molar-refractivity contribution < 1.29 is 10.0 Å². The maximum atomic E-state index is 11.3. The standard InChI is InChI=1S/C16H16N4O3S/c1-10(21)9-17-11-6-7-14(20(22)23)15(8-11)24-16-18-12-4-2-3-5-13(12)19-16/h2-8,10,17,21H,9H2,1H3,(H,18,19)/t10-/m0/s1. The lowest BCUT2D eigenvalue weighted by molar-refractivity contribution is -0.387. The average Bonchev–Trinajstić information content (AvgIpc) is 2.95. The van der Waals surface area contributed by atoms with Gasteiger partial charge in [-0.15, -0.1) is 0 Å². The number of aliphatic hydroxyl groups excluding tert-OH is 1. The number of aromatic nitrogens is 2. The lowest BCUT2D eigenvalue weighted by Gasteiger charge is -2.09. The van der Waals surface area contributed by atoms with Gasteiger partial charge in [0.2, 0.25) is 0 Å². The van der Waals surface area contributed by atoms with E-state index in [9.17, 15) is 15.2 Å². The summed E-state index contributed by atoms with van der Waals surface area (Å²) in [7, 11) is 0. The second-order valence-electron chi connectivity index (χ2n) is 5.33. The fourth-order valence-corrected chi connectivity index (χ4v) is 3.15. The van der Waals surface area contributed by atoms with Crippen molar-refractivity contribution in [3.05, 3.63) is 52.6 Å². The predicted molar refractivity (Wildman–Crippen MR) is 93.5 cm³/mol. The molecule has 0 saturated heterocycles. The molecule has 1 aromatic heterocycles. The quantitative estimate of drug-likeness (QED) is 0.467. The predicted octanol–water partition coefficient (Wildman–Crippen LogP) is 3.42. The molecule has 0 aliphatic carbocycles. The molecule has 7 nitrogen and oxygen atoms in total. The number of fused-ring (bicyclic) bond motifs is 1. The summed E-state index contributed by atoms with van der Waals surface area (Å²) in [6.07, 6.45) is -0.508. The van der Waals surface area contributed by atoms with Gasteiger partial charge in [-0.2, -0.15) is 0 Å². The fraction of sp³-hybridized carbons (Fsp3) is 0.188. The second-order valence-corrected chi connectivity index (χ2v) is 6.36. The molecule has 0 aliphatic rings. The molecule has 3 rings (SSSR count). The number of rotatable bonds is 6. The van der Waals surface area contributed by atoms with Gasteiger partial charge >= 0.3 is 0 Å². The third-order valence-electron chi connectivity index (χ3n) is 3.33. The van der Waals surface area contributed by atoms with Crippen molar-refractivity contribution in [2.24, 2.45) is 0 Å². The van der Waals surface area contributed by atoms with E-state index in [1.807, 2.05) is 24.3 Å². The number of benzene rings is 2. The van der Waals surface area contributed by atoms with Crippen molar-refractivity contribution in [2.45, 2.75) is 23.1 Å². The number of nitrogens with one attached hydrogen (secondary N) is 2. The molecule has 3 N–H and O–H groups in total. The molecule has 0 saturated carbocycles. The Morgan fingerprint density at radius 1 is 1.38 bits per heavy atom. The van der Waals surface area contributed by atoms with Crippen molar-refractivity contribution >= 4 is 34.2 Å². The summed E-state index contributed by atoms with van der Waals surface area (Å²) in [6, 6.07) is 12.3. The van der Waals surface area contributed by atoms with E-state index < -0.39 is 11.0 Å². The molecule has 1 atom stereocenters. The number of H-pyrrole nitrogens is 1. The number of aromatic amines is 1. The number of nitrogens with zero attached hydrogens (tertiary/aromatic N) is 2. The molecular formula is C16H16N4O3S. The Kier molecular flexibility index (Phi) is 4.68. The van der Waals surface area contributed by atoms with Crippen molar-refractivity contribution in [1.82, 2.24) is 9.97 Å². The van der Waals surface area contributed by atoms with E-state index in [2.05, 4.69) is 15.3 Å². The summed E-state index contributed by atoms with van der Waals surface area (Å²) in [4.78, 5) is 18.9. The minimum Gasteiger partial charge on any atom is -0.392 e.